The van der Waals surface area contributed by atoms with Gasteiger partial charge in [0.05, 0.1) is 6.61 Å². The topological polar surface area (TPSA) is 210 Å². The minimum atomic E-state index is -5.13. The molecule has 0 saturated heterocycles. The first-order valence-electron chi connectivity index (χ1n) is 23.1. The number of hydrogen-bond donors (Lipinski definition) is 6. The van der Waals surface area contributed by atoms with Crippen molar-refractivity contribution < 1.29 is 63.1 Å². The molecule has 0 aromatic carbocycles. The summed E-state index contributed by atoms with van der Waals surface area (Å²) in [5.41, 5.74) is 0. The number of carbonyl (C=O) groups is 2. The molecule has 1 aliphatic carbocycles. The van der Waals surface area contributed by atoms with E-state index in [-0.39, 0.29) is 12.8 Å². The molecule has 1 rings (SSSR count). The van der Waals surface area contributed by atoms with Crippen LogP contribution in [0.2, 0.25) is 0 Å². The van der Waals surface area contributed by atoms with Crippen LogP contribution in [0.4, 0.5) is 0 Å². The fourth-order valence-electron chi connectivity index (χ4n) is 6.62. The van der Waals surface area contributed by atoms with E-state index in [2.05, 4.69) is 74.6 Å². The van der Waals surface area contributed by atoms with Crippen molar-refractivity contribution in [2.24, 2.45) is 0 Å². The Bertz CT molecular complexity index is 1300. The Kier molecular flexibility index (Phi) is 34.3. The summed E-state index contributed by atoms with van der Waals surface area (Å²) in [5.74, 6) is -1.14. The standard InChI is InChI=1S/C47H81O13P/c1-3-5-7-9-11-13-15-17-19-20-22-23-25-27-29-31-33-35-40(48)57-37-39(38-58-61(55,56)60-47-45(53)43(51)42(50)44(52)46(47)54)59-41(49)36-34-32-30-28-26-24-21-18-16-14-12-10-8-6-4-2/h5,7,11,13,17-19,21-23,39,42-47,50-54H,3-4,6,8-10,12,14-16,20,24-38H2,1-2H3,(H,55,56). The maximum Gasteiger partial charge on any atom is 0.472 e. The number of esters is 2. The van der Waals surface area contributed by atoms with E-state index in [4.69, 9.17) is 18.5 Å². The molecule has 0 aromatic heterocycles. The predicted octanol–water partition coefficient (Wildman–Crippen LogP) is 8.94. The Balaban J connectivity index is 2.49. The monoisotopic (exact) mass is 885 g/mol. The van der Waals surface area contributed by atoms with Gasteiger partial charge >= 0.3 is 19.8 Å². The summed E-state index contributed by atoms with van der Waals surface area (Å²) in [7, 11) is -5.13. The first kappa shape index (κ1) is 56.6. The summed E-state index contributed by atoms with van der Waals surface area (Å²) >= 11 is 0. The largest absolute Gasteiger partial charge is 0.472 e. The molecule has 1 saturated carbocycles. The number of carbonyl (C=O) groups excluding carboxylic acids is 2. The Morgan fingerprint density at radius 3 is 1.44 bits per heavy atom. The number of hydrogen-bond acceptors (Lipinski definition) is 12. The number of phosphoric acid groups is 1. The van der Waals surface area contributed by atoms with Crippen molar-refractivity contribution in [2.75, 3.05) is 13.2 Å². The molecule has 6 atom stereocenters. The van der Waals surface area contributed by atoms with E-state index in [0.717, 1.165) is 89.9 Å². The number of ether oxygens (including phenoxy) is 2. The summed E-state index contributed by atoms with van der Waals surface area (Å²) in [4.78, 5) is 35.7. The molecule has 0 radical (unpaired) electrons. The summed E-state index contributed by atoms with van der Waals surface area (Å²) in [5, 5.41) is 50.1. The average molecular weight is 885 g/mol. The van der Waals surface area contributed by atoms with Crippen molar-refractivity contribution >= 4 is 19.8 Å². The fraction of sp³-hybridized carbons (Fsp3) is 0.745. The number of rotatable bonds is 37. The van der Waals surface area contributed by atoms with E-state index >= 15 is 0 Å². The quantitative estimate of drug-likeness (QED) is 0.0149. The molecule has 0 spiro atoms. The van der Waals surface area contributed by atoms with E-state index < -0.39 is 75.7 Å². The van der Waals surface area contributed by atoms with Gasteiger partial charge in [0.2, 0.25) is 0 Å². The SMILES string of the molecule is CCC=CCC=CCC=CCC=CCCCCCCC(=O)OCC(COP(=O)(O)OC1C(O)C(O)C(O)C(O)C1O)OC(=O)CCCCCCCC=CCCCCCCCC. The molecular weight excluding hydrogens is 803 g/mol. The average Bonchev–Trinajstić information content (AvgIpc) is 3.24. The predicted molar refractivity (Wildman–Crippen MR) is 239 cm³/mol. The molecule has 14 heteroatoms. The van der Waals surface area contributed by atoms with E-state index in [1.54, 1.807) is 0 Å². The molecule has 6 N–H and O–H groups in total. The van der Waals surface area contributed by atoms with Crippen molar-refractivity contribution in [1.82, 2.24) is 0 Å². The highest BCUT2D eigenvalue weighted by molar-refractivity contribution is 7.47. The van der Waals surface area contributed by atoms with Crippen molar-refractivity contribution in [3.8, 4) is 0 Å². The number of aliphatic hydroxyl groups is 5. The van der Waals surface area contributed by atoms with Gasteiger partial charge in [-0.05, 0) is 77.0 Å². The summed E-state index contributed by atoms with van der Waals surface area (Å²) in [6.07, 6.45) is 31.3. The van der Waals surface area contributed by atoms with Crippen LogP contribution in [0.3, 0.4) is 0 Å². The molecule has 0 aromatic rings. The minimum Gasteiger partial charge on any atom is -0.462 e. The number of unbranched alkanes of at least 4 members (excludes halogenated alkanes) is 15. The van der Waals surface area contributed by atoms with Gasteiger partial charge in [-0.1, -0.05) is 139 Å². The maximum atomic E-state index is 12.8. The number of aliphatic hydroxyl groups excluding tert-OH is 5. The zero-order chi connectivity index (χ0) is 45.0. The summed E-state index contributed by atoms with van der Waals surface area (Å²) in [6.45, 7) is 3.14. The van der Waals surface area contributed by atoms with Gasteiger partial charge in [0, 0.05) is 12.8 Å². The van der Waals surface area contributed by atoms with Gasteiger partial charge in [-0.3, -0.25) is 18.6 Å². The summed E-state index contributed by atoms with van der Waals surface area (Å²) < 4.78 is 33.5. The van der Waals surface area contributed by atoms with Crippen LogP contribution in [0.1, 0.15) is 168 Å². The lowest BCUT2D eigenvalue weighted by molar-refractivity contribution is -0.220. The molecule has 0 amide bonds. The lowest BCUT2D eigenvalue weighted by Gasteiger charge is -2.41. The molecular formula is C47H81O13P. The van der Waals surface area contributed by atoms with Gasteiger partial charge in [-0.2, -0.15) is 0 Å². The second-order valence-electron chi connectivity index (χ2n) is 15.9. The molecule has 352 valence electrons. The van der Waals surface area contributed by atoms with Crippen LogP contribution in [-0.4, -0.2) is 98.3 Å². The Morgan fingerprint density at radius 2 is 0.934 bits per heavy atom. The third-order valence-electron chi connectivity index (χ3n) is 10.3. The van der Waals surface area contributed by atoms with Crippen LogP contribution in [0.5, 0.6) is 0 Å². The molecule has 13 nitrogen and oxygen atoms in total. The van der Waals surface area contributed by atoms with Gasteiger partial charge in [-0.25, -0.2) is 4.57 Å². The molecule has 0 bridgehead atoms. The number of allylic oxidation sites excluding steroid dienone is 10. The minimum absolute atomic E-state index is 0.0787. The lowest BCUT2D eigenvalue weighted by atomic mass is 9.85. The normalized spacial score (nSPS) is 22.6. The number of phosphoric ester groups is 1. The lowest BCUT2D eigenvalue weighted by Crippen LogP contribution is -2.64. The third kappa shape index (κ3) is 29.5. The second kappa shape index (κ2) is 37.0. The van der Waals surface area contributed by atoms with Crippen molar-refractivity contribution in [2.45, 2.75) is 211 Å². The van der Waals surface area contributed by atoms with Crippen molar-refractivity contribution in [1.29, 1.82) is 0 Å². The first-order chi connectivity index (χ1) is 29.4. The van der Waals surface area contributed by atoms with Gasteiger partial charge in [0.15, 0.2) is 6.10 Å². The molecule has 1 aliphatic rings. The first-order valence-corrected chi connectivity index (χ1v) is 24.6. The molecule has 1 fully saturated rings. The molecule has 0 aliphatic heterocycles. The summed E-state index contributed by atoms with van der Waals surface area (Å²) in [6, 6.07) is 0. The van der Waals surface area contributed by atoms with Gasteiger partial charge in [0.25, 0.3) is 0 Å². The van der Waals surface area contributed by atoms with Crippen LogP contribution in [0, 0.1) is 0 Å². The highest BCUT2D eigenvalue weighted by Gasteiger charge is 2.51. The van der Waals surface area contributed by atoms with Crippen LogP contribution >= 0.6 is 7.82 Å². The second-order valence-corrected chi connectivity index (χ2v) is 17.3. The van der Waals surface area contributed by atoms with E-state index in [0.29, 0.717) is 12.8 Å². The van der Waals surface area contributed by atoms with Crippen LogP contribution in [-0.2, 0) is 32.7 Å². The molecule has 0 heterocycles. The van der Waals surface area contributed by atoms with Crippen molar-refractivity contribution in [3.63, 3.8) is 0 Å². The Labute approximate surface area is 366 Å². The van der Waals surface area contributed by atoms with E-state index in [1.807, 2.05) is 0 Å². The van der Waals surface area contributed by atoms with Crippen molar-refractivity contribution in [3.05, 3.63) is 60.8 Å². The van der Waals surface area contributed by atoms with E-state index in [9.17, 15) is 44.6 Å². The van der Waals surface area contributed by atoms with Crippen LogP contribution < -0.4 is 0 Å². The highest BCUT2D eigenvalue weighted by Crippen LogP contribution is 2.47. The zero-order valence-corrected chi connectivity index (χ0v) is 38.1. The Hall–Kier alpha value is -2.45. The van der Waals surface area contributed by atoms with Crippen LogP contribution in [0.25, 0.3) is 0 Å². The molecule has 6 unspecified atom stereocenters. The van der Waals surface area contributed by atoms with Crippen LogP contribution in [0.15, 0.2) is 60.8 Å². The smallest absolute Gasteiger partial charge is 0.462 e. The van der Waals surface area contributed by atoms with Gasteiger partial charge in [0.1, 0.15) is 43.2 Å². The highest BCUT2D eigenvalue weighted by atomic mass is 31.2. The zero-order valence-electron chi connectivity index (χ0n) is 37.2. The van der Waals surface area contributed by atoms with Gasteiger partial charge < -0.3 is 39.9 Å². The molecule has 61 heavy (non-hydrogen) atoms. The third-order valence-corrected chi connectivity index (χ3v) is 11.3. The fourth-order valence-corrected chi connectivity index (χ4v) is 7.60. The maximum absolute atomic E-state index is 12.8. The van der Waals surface area contributed by atoms with E-state index in [1.165, 1.54) is 38.5 Å². The Morgan fingerprint density at radius 1 is 0.525 bits per heavy atom. The van der Waals surface area contributed by atoms with Gasteiger partial charge in [-0.15, -0.1) is 0 Å².